The average Bonchev–Trinajstić information content (AvgIpc) is 3.69. The average molecular weight is 431 g/mol. The molecule has 1 atom stereocenters. The zero-order valence-electron chi connectivity index (χ0n) is 19.5. The first-order chi connectivity index (χ1) is 15.7. The Balaban J connectivity index is 1.44. The number of aromatic nitrogens is 2. The van der Waals surface area contributed by atoms with Crippen molar-refractivity contribution < 1.29 is 4.74 Å². The van der Waals surface area contributed by atoms with Crippen LogP contribution < -0.4 is 15.0 Å². The number of anilines is 2. The zero-order valence-corrected chi connectivity index (χ0v) is 19.5. The molecule has 5 rings (SSSR count). The van der Waals surface area contributed by atoms with Crippen LogP contribution in [0.5, 0.6) is 5.75 Å². The third-order valence-corrected chi connectivity index (χ3v) is 7.03. The van der Waals surface area contributed by atoms with Crippen LogP contribution in [0.2, 0.25) is 0 Å². The van der Waals surface area contributed by atoms with Crippen molar-refractivity contribution in [3.8, 4) is 5.75 Å². The Kier molecular flexibility index (Phi) is 5.90. The van der Waals surface area contributed by atoms with Gasteiger partial charge >= 0.3 is 0 Å². The summed E-state index contributed by atoms with van der Waals surface area (Å²) in [4.78, 5) is 12.5. The van der Waals surface area contributed by atoms with Gasteiger partial charge in [0.1, 0.15) is 17.4 Å². The van der Waals surface area contributed by atoms with E-state index in [0.29, 0.717) is 17.9 Å². The maximum absolute atomic E-state index is 5.63. The normalized spacial score (nSPS) is 18.0. The number of hydrogen-bond donors (Lipinski definition) is 1. The molecule has 1 aliphatic heterocycles. The molecule has 0 spiro atoms. The van der Waals surface area contributed by atoms with Gasteiger partial charge in [0.2, 0.25) is 0 Å². The molecule has 2 heterocycles. The van der Waals surface area contributed by atoms with Gasteiger partial charge in [-0.25, -0.2) is 9.97 Å². The summed E-state index contributed by atoms with van der Waals surface area (Å²) in [7, 11) is 1.77. The molecule has 0 radical (unpaired) electrons. The second-order valence-electron chi connectivity index (χ2n) is 9.37. The Bertz CT molecular complexity index is 1090. The molecular formula is C27H34N4O. The highest BCUT2D eigenvalue weighted by atomic mass is 16.5. The number of rotatable bonds is 7. The molecule has 0 bridgehead atoms. The third kappa shape index (κ3) is 4.25. The maximum Gasteiger partial charge on any atom is 0.140 e. The van der Waals surface area contributed by atoms with Crippen LogP contribution >= 0.6 is 0 Å². The largest absolute Gasteiger partial charge is 0.496 e. The Labute approximate surface area is 191 Å². The summed E-state index contributed by atoms with van der Waals surface area (Å²) >= 11 is 0. The van der Waals surface area contributed by atoms with Gasteiger partial charge in [-0.1, -0.05) is 25.1 Å². The van der Waals surface area contributed by atoms with E-state index in [9.17, 15) is 0 Å². The number of nitrogens with zero attached hydrogens (tertiary/aromatic N) is 3. The third-order valence-electron chi connectivity index (χ3n) is 7.03. The lowest BCUT2D eigenvalue weighted by Gasteiger charge is -2.34. The monoisotopic (exact) mass is 430 g/mol. The van der Waals surface area contributed by atoms with E-state index in [1.807, 2.05) is 0 Å². The molecule has 1 N–H and O–H groups in total. The van der Waals surface area contributed by atoms with Crippen LogP contribution in [0.1, 0.15) is 69.2 Å². The summed E-state index contributed by atoms with van der Waals surface area (Å²) in [6, 6.07) is 15.5. The Morgan fingerprint density at radius 1 is 1.03 bits per heavy atom. The summed E-state index contributed by atoms with van der Waals surface area (Å²) in [6.45, 7) is 6.44. The van der Waals surface area contributed by atoms with Gasteiger partial charge in [-0.3, -0.25) is 0 Å². The molecule has 1 aromatic heterocycles. The number of fused-ring (bicyclic) bond motifs is 1. The highest BCUT2D eigenvalue weighted by Crippen LogP contribution is 2.41. The molecule has 1 saturated carbocycles. The predicted octanol–water partition coefficient (Wildman–Crippen LogP) is 6.11. The Morgan fingerprint density at radius 2 is 1.81 bits per heavy atom. The minimum absolute atomic E-state index is 0.444. The molecular weight excluding hydrogens is 396 g/mol. The summed E-state index contributed by atoms with van der Waals surface area (Å²) in [5.41, 5.74) is 3.55. The van der Waals surface area contributed by atoms with Crippen LogP contribution in [-0.2, 0) is 0 Å². The number of ether oxygens (including phenoxy) is 1. The van der Waals surface area contributed by atoms with Gasteiger partial charge < -0.3 is 15.0 Å². The van der Waals surface area contributed by atoms with Crippen LogP contribution in [0, 0.1) is 0 Å². The second kappa shape index (κ2) is 8.97. The molecule has 2 fully saturated rings. The lowest BCUT2D eigenvalue weighted by atomic mass is 9.88. The van der Waals surface area contributed by atoms with Gasteiger partial charge in [0, 0.05) is 36.1 Å². The SMILES string of the molecule is CCC(C)Nc1ccc2nc(C3CC3)nc(N3CCC(c4ccccc4OC)CC3)c2c1. The van der Waals surface area contributed by atoms with Crippen molar-refractivity contribution in [3.05, 3.63) is 53.9 Å². The lowest BCUT2D eigenvalue weighted by molar-refractivity contribution is 0.397. The highest BCUT2D eigenvalue weighted by Gasteiger charge is 2.30. The van der Waals surface area contributed by atoms with Gasteiger partial charge in [-0.2, -0.15) is 0 Å². The number of para-hydroxylation sites is 1. The number of piperidine rings is 1. The number of nitrogens with one attached hydrogen (secondary N) is 1. The molecule has 1 unspecified atom stereocenters. The molecule has 0 amide bonds. The van der Waals surface area contributed by atoms with Crippen molar-refractivity contribution in [1.29, 1.82) is 0 Å². The summed E-state index contributed by atoms with van der Waals surface area (Å²) < 4.78 is 5.63. The Morgan fingerprint density at radius 3 is 2.53 bits per heavy atom. The zero-order chi connectivity index (χ0) is 22.1. The van der Waals surface area contributed by atoms with Crippen LogP contribution in [0.15, 0.2) is 42.5 Å². The topological polar surface area (TPSA) is 50.3 Å². The van der Waals surface area contributed by atoms with Crippen LogP contribution in [-0.4, -0.2) is 36.2 Å². The van der Waals surface area contributed by atoms with E-state index in [0.717, 1.165) is 60.9 Å². The molecule has 5 nitrogen and oxygen atoms in total. The van der Waals surface area contributed by atoms with Gasteiger partial charge in [0.25, 0.3) is 0 Å². The second-order valence-corrected chi connectivity index (χ2v) is 9.37. The van der Waals surface area contributed by atoms with Crippen molar-refractivity contribution in [2.45, 2.75) is 63.8 Å². The molecule has 3 aromatic rings. The summed E-state index contributed by atoms with van der Waals surface area (Å²) in [5.74, 6) is 4.23. The van der Waals surface area contributed by atoms with E-state index >= 15 is 0 Å². The standard InChI is InChI=1S/C27H34N4O/c1-4-18(2)28-21-11-12-24-23(17-21)27(30-26(29-24)20-9-10-20)31-15-13-19(14-16-31)22-7-5-6-8-25(22)32-3/h5-8,11-12,17-20,28H,4,9-10,13-16H2,1-3H3. The molecule has 168 valence electrons. The van der Waals surface area contributed by atoms with E-state index in [4.69, 9.17) is 14.7 Å². The summed E-state index contributed by atoms with van der Waals surface area (Å²) in [6.07, 6.45) is 5.74. The fourth-order valence-corrected chi connectivity index (χ4v) is 4.78. The first kappa shape index (κ1) is 21.0. The predicted molar refractivity (Wildman–Crippen MR) is 132 cm³/mol. The molecule has 1 saturated heterocycles. The number of methoxy groups -OCH3 is 1. The van der Waals surface area contributed by atoms with Crippen molar-refractivity contribution in [2.24, 2.45) is 0 Å². The Hall–Kier alpha value is -2.82. The van der Waals surface area contributed by atoms with Crippen LogP contribution in [0.3, 0.4) is 0 Å². The van der Waals surface area contributed by atoms with E-state index in [1.54, 1.807) is 7.11 Å². The van der Waals surface area contributed by atoms with Gasteiger partial charge in [0.15, 0.2) is 0 Å². The van der Waals surface area contributed by atoms with Crippen molar-refractivity contribution in [3.63, 3.8) is 0 Å². The minimum Gasteiger partial charge on any atom is -0.496 e. The minimum atomic E-state index is 0.444. The van der Waals surface area contributed by atoms with Gasteiger partial charge in [-0.15, -0.1) is 0 Å². The molecule has 2 aliphatic rings. The quantitative estimate of drug-likeness (QED) is 0.490. The number of benzene rings is 2. The van der Waals surface area contributed by atoms with E-state index in [1.165, 1.54) is 23.8 Å². The first-order valence-corrected chi connectivity index (χ1v) is 12.1. The van der Waals surface area contributed by atoms with E-state index in [2.05, 4.69) is 66.5 Å². The molecule has 2 aromatic carbocycles. The van der Waals surface area contributed by atoms with Crippen molar-refractivity contribution in [2.75, 3.05) is 30.4 Å². The number of hydrogen-bond acceptors (Lipinski definition) is 5. The van der Waals surface area contributed by atoms with Gasteiger partial charge in [-0.05, 0) is 74.8 Å². The van der Waals surface area contributed by atoms with E-state index in [-0.39, 0.29) is 0 Å². The van der Waals surface area contributed by atoms with E-state index < -0.39 is 0 Å². The van der Waals surface area contributed by atoms with Crippen molar-refractivity contribution in [1.82, 2.24) is 9.97 Å². The van der Waals surface area contributed by atoms with Crippen LogP contribution in [0.25, 0.3) is 10.9 Å². The lowest BCUT2D eigenvalue weighted by Crippen LogP contribution is -2.34. The fourth-order valence-electron chi connectivity index (χ4n) is 4.78. The molecule has 5 heteroatoms. The molecule has 1 aliphatic carbocycles. The highest BCUT2D eigenvalue weighted by molar-refractivity contribution is 5.92. The smallest absolute Gasteiger partial charge is 0.140 e. The molecule has 32 heavy (non-hydrogen) atoms. The van der Waals surface area contributed by atoms with Gasteiger partial charge in [0.05, 0.1) is 12.6 Å². The van der Waals surface area contributed by atoms with Crippen molar-refractivity contribution >= 4 is 22.4 Å². The fraction of sp³-hybridized carbons (Fsp3) is 0.481. The maximum atomic E-state index is 5.63. The van der Waals surface area contributed by atoms with Crippen LogP contribution in [0.4, 0.5) is 11.5 Å². The first-order valence-electron chi connectivity index (χ1n) is 12.1. The summed E-state index contributed by atoms with van der Waals surface area (Å²) in [5, 5.41) is 4.78.